The zero-order chi connectivity index (χ0) is 24.3. The summed E-state index contributed by atoms with van der Waals surface area (Å²) < 4.78 is -0.963. The van der Waals surface area contributed by atoms with Gasteiger partial charge in [0.05, 0.1) is 16.6 Å². The fourth-order valence-electron chi connectivity index (χ4n) is 6.19. The van der Waals surface area contributed by atoms with Crippen LogP contribution in [0.4, 0.5) is 0 Å². The van der Waals surface area contributed by atoms with Gasteiger partial charge in [0.2, 0.25) is 17.7 Å². The molecule has 3 heterocycles. The summed E-state index contributed by atoms with van der Waals surface area (Å²) in [5.41, 5.74) is 1.01. The maximum absolute atomic E-state index is 13.8. The Kier molecular flexibility index (Phi) is 7.57. The number of carbonyl (C=O) groups is 3. The van der Waals surface area contributed by atoms with E-state index in [0.717, 1.165) is 37.7 Å². The quantitative estimate of drug-likeness (QED) is 0.417. The van der Waals surface area contributed by atoms with Crippen molar-refractivity contribution in [2.45, 2.75) is 74.5 Å². The van der Waals surface area contributed by atoms with E-state index in [2.05, 4.69) is 24.5 Å². The second-order valence-electron chi connectivity index (χ2n) is 10.0. The lowest BCUT2D eigenvalue weighted by Crippen LogP contribution is -2.54. The van der Waals surface area contributed by atoms with Gasteiger partial charge >= 0.3 is 0 Å². The van der Waals surface area contributed by atoms with Crippen molar-refractivity contribution in [3.63, 3.8) is 0 Å². The number of fused-ring (bicyclic) bond motifs is 1. The van der Waals surface area contributed by atoms with Gasteiger partial charge in [-0.15, -0.1) is 11.8 Å². The maximum atomic E-state index is 13.8. The number of benzene rings is 1. The Morgan fingerprint density at radius 1 is 1.12 bits per heavy atom. The van der Waals surface area contributed by atoms with Gasteiger partial charge in [-0.3, -0.25) is 14.4 Å². The molecule has 1 aromatic carbocycles. The highest BCUT2D eigenvalue weighted by Gasteiger charge is 2.76. The van der Waals surface area contributed by atoms with E-state index in [1.54, 1.807) is 16.7 Å². The molecule has 186 valence electrons. The van der Waals surface area contributed by atoms with Crippen molar-refractivity contribution in [2.24, 2.45) is 11.8 Å². The maximum Gasteiger partial charge on any atom is 0.244 e. The fourth-order valence-corrected chi connectivity index (χ4v) is 8.54. The number of amides is 3. The Hall–Kier alpha value is -2.06. The molecule has 3 aliphatic rings. The molecule has 3 saturated heterocycles. The van der Waals surface area contributed by atoms with E-state index in [4.69, 9.17) is 0 Å². The number of hydrogen-bond donors (Lipinski definition) is 3. The zero-order valence-electron chi connectivity index (χ0n) is 20.2. The van der Waals surface area contributed by atoms with Gasteiger partial charge in [0.15, 0.2) is 0 Å². The summed E-state index contributed by atoms with van der Waals surface area (Å²) in [7, 11) is 0. The van der Waals surface area contributed by atoms with Crippen molar-refractivity contribution in [1.29, 1.82) is 0 Å². The molecule has 7 nitrogen and oxygen atoms in total. The Morgan fingerprint density at radius 2 is 1.88 bits per heavy atom. The number of thioether (sulfide) groups is 1. The van der Waals surface area contributed by atoms with Crippen LogP contribution in [0.5, 0.6) is 0 Å². The standard InChI is InChI=1S/C26H37N3O4S/c1-3-4-8-14-27-23(32)21-26-13-12-25(2,34-26)19(20(26)24(33)29(21)15-9-16-30)22(31)28-17-18-10-6-5-7-11-18/h5-7,10-11,19-21,30H,3-4,8-9,12-17H2,1-2H3,(H,27,32)(H,28,31)/t19-,20-,21?,25+,26?/m0/s1. The molecule has 3 amide bonds. The molecule has 4 rings (SSSR count). The molecular weight excluding hydrogens is 450 g/mol. The Morgan fingerprint density at radius 3 is 2.59 bits per heavy atom. The average Bonchev–Trinajstić information content (AvgIpc) is 3.40. The molecule has 1 spiro atoms. The van der Waals surface area contributed by atoms with E-state index in [9.17, 15) is 19.5 Å². The van der Waals surface area contributed by atoms with Crippen LogP contribution in [0.3, 0.4) is 0 Å². The summed E-state index contributed by atoms with van der Waals surface area (Å²) in [6.45, 7) is 5.50. The summed E-state index contributed by atoms with van der Waals surface area (Å²) >= 11 is 1.68. The third-order valence-electron chi connectivity index (χ3n) is 7.75. The Bertz CT molecular complexity index is 913. The van der Waals surface area contributed by atoms with E-state index in [-0.39, 0.29) is 29.1 Å². The van der Waals surface area contributed by atoms with E-state index in [1.807, 2.05) is 30.3 Å². The fraction of sp³-hybridized carbons (Fsp3) is 0.654. The van der Waals surface area contributed by atoms with Crippen LogP contribution in [-0.2, 0) is 20.9 Å². The summed E-state index contributed by atoms with van der Waals surface area (Å²) in [6.07, 6.45) is 4.99. The highest BCUT2D eigenvalue weighted by molar-refractivity contribution is 8.02. The van der Waals surface area contributed by atoms with E-state index < -0.39 is 22.6 Å². The smallest absolute Gasteiger partial charge is 0.244 e. The normalized spacial score (nSPS) is 31.6. The number of nitrogens with one attached hydrogen (secondary N) is 2. The Balaban J connectivity index is 1.58. The summed E-state index contributed by atoms with van der Waals surface area (Å²) in [5, 5.41) is 15.6. The number of aliphatic hydroxyl groups is 1. The number of carbonyl (C=O) groups excluding carboxylic acids is 3. The largest absolute Gasteiger partial charge is 0.396 e. The van der Waals surface area contributed by atoms with Crippen LogP contribution >= 0.6 is 11.8 Å². The van der Waals surface area contributed by atoms with Crippen LogP contribution in [0.2, 0.25) is 0 Å². The SMILES string of the molecule is CCCCCNC(=O)C1N(CCCO)C(=O)[C@@H]2[C@@H](C(=O)NCc3ccccc3)[C@@]3(C)CCC12S3. The minimum Gasteiger partial charge on any atom is -0.396 e. The van der Waals surface area contributed by atoms with Gasteiger partial charge in [0.1, 0.15) is 6.04 Å². The van der Waals surface area contributed by atoms with Crippen molar-refractivity contribution in [2.75, 3.05) is 19.7 Å². The lowest BCUT2D eigenvalue weighted by Gasteiger charge is -2.34. The summed E-state index contributed by atoms with van der Waals surface area (Å²) in [4.78, 5) is 42.4. The zero-order valence-corrected chi connectivity index (χ0v) is 21.0. The van der Waals surface area contributed by atoms with Crippen LogP contribution < -0.4 is 10.6 Å². The molecule has 3 fully saturated rings. The molecule has 5 atom stereocenters. The van der Waals surface area contributed by atoms with Crippen LogP contribution in [0.15, 0.2) is 30.3 Å². The second kappa shape index (κ2) is 10.3. The minimum absolute atomic E-state index is 0.0435. The van der Waals surface area contributed by atoms with E-state index >= 15 is 0 Å². The van der Waals surface area contributed by atoms with Crippen molar-refractivity contribution in [1.82, 2.24) is 15.5 Å². The molecule has 0 aliphatic carbocycles. The number of aliphatic hydroxyl groups excluding tert-OH is 1. The first-order valence-electron chi connectivity index (χ1n) is 12.6. The highest BCUT2D eigenvalue weighted by atomic mass is 32.2. The Labute approximate surface area is 206 Å². The van der Waals surface area contributed by atoms with Crippen LogP contribution in [0.1, 0.15) is 57.9 Å². The molecule has 1 aromatic rings. The predicted octanol–water partition coefficient (Wildman–Crippen LogP) is 2.47. The van der Waals surface area contributed by atoms with Gasteiger partial charge in [0, 0.05) is 31.0 Å². The molecule has 3 N–H and O–H groups in total. The molecule has 0 saturated carbocycles. The average molecular weight is 488 g/mol. The number of likely N-dealkylation sites (tertiary alicyclic amines) is 1. The van der Waals surface area contributed by atoms with Crippen molar-refractivity contribution in [3.05, 3.63) is 35.9 Å². The highest BCUT2D eigenvalue weighted by Crippen LogP contribution is 2.71. The molecular formula is C26H37N3O4S. The summed E-state index contributed by atoms with van der Waals surface area (Å²) in [5.74, 6) is -1.33. The number of rotatable bonds is 11. The van der Waals surface area contributed by atoms with E-state index in [0.29, 0.717) is 26.1 Å². The van der Waals surface area contributed by atoms with Gasteiger partial charge in [-0.2, -0.15) is 0 Å². The van der Waals surface area contributed by atoms with Gasteiger partial charge < -0.3 is 20.6 Å². The second-order valence-corrected chi connectivity index (χ2v) is 11.9. The first kappa shape index (κ1) is 25.0. The number of unbranched alkanes of at least 4 members (excludes halogenated alkanes) is 2. The van der Waals surface area contributed by atoms with Crippen molar-refractivity contribution >= 4 is 29.5 Å². The topological polar surface area (TPSA) is 98.7 Å². The minimum atomic E-state index is -0.600. The van der Waals surface area contributed by atoms with Gasteiger partial charge in [0.25, 0.3) is 0 Å². The van der Waals surface area contributed by atoms with Crippen LogP contribution in [-0.4, -0.2) is 63.0 Å². The van der Waals surface area contributed by atoms with Gasteiger partial charge in [-0.05, 0) is 38.2 Å². The number of hydrogen-bond acceptors (Lipinski definition) is 5. The van der Waals surface area contributed by atoms with Crippen LogP contribution in [0.25, 0.3) is 0 Å². The van der Waals surface area contributed by atoms with Gasteiger partial charge in [-0.25, -0.2) is 0 Å². The van der Waals surface area contributed by atoms with Crippen LogP contribution in [0, 0.1) is 11.8 Å². The molecule has 2 unspecified atom stereocenters. The third-order valence-corrected chi connectivity index (χ3v) is 9.74. The van der Waals surface area contributed by atoms with Crippen molar-refractivity contribution < 1.29 is 19.5 Å². The third kappa shape index (κ3) is 4.35. The monoisotopic (exact) mass is 487 g/mol. The molecule has 2 bridgehead atoms. The van der Waals surface area contributed by atoms with Crippen molar-refractivity contribution in [3.8, 4) is 0 Å². The molecule has 0 aromatic heterocycles. The predicted molar refractivity (Wildman–Crippen MR) is 133 cm³/mol. The lowest BCUT2D eigenvalue weighted by molar-refractivity contribution is -0.140. The van der Waals surface area contributed by atoms with E-state index in [1.165, 1.54) is 0 Å². The molecule has 3 aliphatic heterocycles. The molecule has 34 heavy (non-hydrogen) atoms. The number of nitrogens with zero attached hydrogens (tertiary/aromatic N) is 1. The first-order chi connectivity index (χ1) is 16.4. The van der Waals surface area contributed by atoms with Gasteiger partial charge in [-0.1, -0.05) is 50.1 Å². The molecule has 0 radical (unpaired) electrons. The summed E-state index contributed by atoms with van der Waals surface area (Å²) in [6, 6.07) is 9.15. The molecule has 8 heteroatoms. The lowest BCUT2D eigenvalue weighted by atomic mass is 9.66. The first-order valence-corrected chi connectivity index (χ1v) is 13.4.